The molecular formula is C9H20OSi2. The van der Waals surface area contributed by atoms with Crippen LogP contribution in [0.3, 0.4) is 0 Å². The quantitative estimate of drug-likeness (QED) is 0.506. The van der Waals surface area contributed by atoms with Crippen LogP contribution in [0.15, 0.2) is 11.8 Å². The Labute approximate surface area is 77.9 Å². The highest BCUT2D eigenvalue weighted by atomic mass is 28.3. The van der Waals surface area contributed by atoms with Crippen LogP contribution in [0.5, 0.6) is 0 Å². The zero-order valence-corrected chi connectivity index (χ0v) is 11.1. The molecule has 0 rings (SSSR count). The van der Waals surface area contributed by atoms with Crippen molar-refractivity contribution in [2.75, 3.05) is 0 Å². The maximum absolute atomic E-state index is 11.5. The highest BCUT2D eigenvalue weighted by molar-refractivity contribution is 7.05. The van der Waals surface area contributed by atoms with Gasteiger partial charge in [-0.25, -0.2) is 0 Å². The summed E-state index contributed by atoms with van der Waals surface area (Å²) in [5.41, 5.74) is 2.13. The molecule has 0 aliphatic rings. The minimum absolute atomic E-state index is 0.366. The molecule has 0 saturated heterocycles. The molecule has 0 fully saturated rings. The van der Waals surface area contributed by atoms with Crippen LogP contribution in [-0.2, 0) is 4.79 Å². The van der Waals surface area contributed by atoms with Gasteiger partial charge in [0, 0.05) is 0 Å². The molecule has 1 nitrogen and oxygen atoms in total. The Morgan fingerprint density at radius 1 is 1.00 bits per heavy atom. The van der Waals surface area contributed by atoms with Gasteiger partial charge < -0.3 is 4.79 Å². The Kier molecular flexibility index (Phi) is 3.66. The molecule has 0 aromatic carbocycles. The topological polar surface area (TPSA) is 17.1 Å². The lowest BCUT2D eigenvalue weighted by Gasteiger charge is -2.12. The van der Waals surface area contributed by atoms with E-state index in [2.05, 4.69) is 45.0 Å². The van der Waals surface area contributed by atoms with Crippen LogP contribution in [0.2, 0.25) is 39.3 Å². The van der Waals surface area contributed by atoms with Gasteiger partial charge in [0.15, 0.2) is 0 Å². The zero-order chi connectivity index (χ0) is 9.99. The van der Waals surface area contributed by atoms with Gasteiger partial charge in [-0.3, -0.25) is 0 Å². The molecule has 0 aromatic rings. The van der Waals surface area contributed by atoms with E-state index in [4.69, 9.17) is 0 Å². The summed E-state index contributed by atoms with van der Waals surface area (Å²) in [6, 6.07) is 0. The van der Waals surface area contributed by atoms with Crippen LogP contribution in [0.1, 0.15) is 0 Å². The molecule has 0 saturated carbocycles. The molecular weight excluding hydrogens is 180 g/mol. The third kappa shape index (κ3) is 5.49. The summed E-state index contributed by atoms with van der Waals surface area (Å²) in [5.74, 6) is 0. The van der Waals surface area contributed by atoms with E-state index in [9.17, 15) is 4.79 Å². The Balaban J connectivity index is 4.30. The minimum Gasteiger partial charge on any atom is -0.301 e. The first kappa shape index (κ1) is 11.8. The van der Waals surface area contributed by atoms with Crippen molar-refractivity contribution in [2.24, 2.45) is 0 Å². The zero-order valence-electron chi connectivity index (χ0n) is 9.06. The maximum Gasteiger partial charge on any atom is 0.132 e. The summed E-state index contributed by atoms with van der Waals surface area (Å²) >= 11 is 0. The molecule has 0 aliphatic carbocycles. The minimum atomic E-state index is -1.56. The smallest absolute Gasteiger partial charge is 0.132 e. The third-order valence-electron chi connectivity index (χ3n) is 1.47. The highest BCUT2D eigenvalue weighted by Crippen LogP contribution is 2.06. The summed E-state index contributed by atoms with van der Waals surface area (Å²) in [5, 5.41) is 0.366. The Bertz CT molecular complexity index is 194. The van der Waals surface area contributed by atoms with Gasteiger partial charge in [-0.15, -0.1) is 0 Å². The second kappa shape index (κ2) is 3.70. The fraction of sp³-hybridized carbons (Fsp3) is 0.667. The molecule has 0 heterocycles. The van der Waals surface area contributed by atoms with Gasteiger partial charge in [-0.05, 0) is 6.08 Å². The Hall–Kier alpha value is -0.156. The van der Waals surface area contributed by atoms with E-state index in [-0.39, 0.29) is 0 Å². The molecule has 70 valence electrons. The van der Waals surface area contributed by atoms with Crippen molar-refractivity contribution < 1.29 is 4.79 Å². The molecule has 0 bridgehead atoms. The number of carbonyl (C=O) groups excluding carboxylic acids is 1. The van der Waals surface area contributed by atoms with E-state index in [0.717, 1.165) is 0 Å². The van der Waals surface area contributed by atoms with Crippen molar-refractivity contribution in [3.63, 3.8) is 0 Å². The first-order valence-corrected chi connectivity index (χ1v) is 11.4. The third-order valence-corrected chi connectivity index (χ3v) is 4.29. The van der Waals surface area contributed by atoms with E-state index < -0.39 is 16.1 Å². The molecule has 0 aromatic heterocycles. The fourth-order valence-corrected chi connectivity index (χ4v) is 1.98. The monoisotopic (exact) mass is 200 g/mol. The molecule has 0 radical (unpaired) electrons. The second-order valence-electron chi connectivity index (χ2n) is 5.31. The maximum atomic E-state index is 11.5. The molecule has 0 unspecified atom stereocenters. The predicted octanol–water partition coefficient (Wildman–Crippen LogP) is 2.87. The largest absolute Gasteiger partial charge is 0.301 e. The summed E-state index contributed by atoms with van der Waals surface area (Å²) in [4.78, 5) is 11.5. The summed E-state index contributed by atoms with van der Waals surface area (Å²) in [7, 11) is -2.74. The number of hydrogen-bond donors (Lipinski definition) is 0. The summed E-state index contributed by atoms with van der Waals surface area (Å²) in [6.07, 6.45) is 1.82. The molecule has 0 amide bonds. The fourth-order valence-electron chi connectivity index (χ4n) is 0.576. The van der Waals surface area contributed by atoms with Crippen molar-refractivity contribution in [2.45, 2.75) is 39.3 Å². The molecule has 0 aliphatic heterocycles. The number of rotatable bonds is 3. The normalized spacial score (nSPS) is 13.8. The van der Waals surface area contributed by atoms with Crippen LogP contribution < -0.4 is 0 Å². The van der Waals surface area contributed by atoms with Crippen LogP contribution in [0.25, 0.3) is 0 Å². The van der Waals surface area contributed by atoms with E-state index in [1.807, 2.05) is 6.08 Å². The second-order valence-corrected chi connectivity index (χ2v) is 15.4. The average molecular weight is 200 g/mol. The number of carbonyl (C=O) groups is 1. The first-order valence-electron chi connectivity index (χ1n) is 4.36. The Morgan fingerprint density at radius 3 is 1.67 bits per heavy atom. The van der Waals surface area contributed by atoms with Crippen LogP contribution in [-0.4, -0.2) is 21.6 Å². The van der Waals surface area contributed by atoms with Gasteiger partial charge in [-0.2, -0.15) is 0 Å². The summed E-state index contributed by atoms with van der Waals surface area (Å²) < 4.78 is 0. The van der Waals surface area contributed by atoms with Crippen LogP contribution >= 0.6 is 0 Å². The lowest BCUT2D eigenvalue weighted by molar-refractivity contribution is -0.108. The summed E-state index contributed by atoms with van der Waals surface area (Å²) in [6.45, 7) is 13.0. The van der Waals surface area contributed by atoms with Gasteiger partial charge in [0.05, 0.1) is 8.07 Å². The van der Waals surface area contributed by atoms with Crippen molar-refractivity contribution in [1.29, 1.82) is 0 Å². The van der Waals surface area contributed by atoms with Gasteiger partial charge in [0.25, 0.3) is 0 Å². The molecule has 0 N–H and O–H groups in total. The van der Waals surface area contributed by atoms with Crippen LogP contribution in [0, 0.1) is 0 Å². The van der Waals surface area contributed by atoms with Gasteiger partial charge in [-0.1, -0.05) is 45.0 Å². The van der Waals surface area contributed by atoms with Gasteiger partial charge in [0.2, 0.25) is 0 Å². The molecule has 0 spiro atoms. The van der Waals surface area contributed by atoms with Crippen molar-refractivity contribution in [3.8, 4) is 0 Å². The average Bonchev–Trinajstić information content (AvgIpc) is 1.78. The Morgan fingerprint density at radius 2 is 1.42 bits per heavy atom. The lowest BCUT2D eigenvalue weighted by atomic mass is 10.7. The van der Waals surface area contributed by atoms with E-state index in [1.165, 1.54) is 0 Å². The van der Waals surface area contributed by atoms with Crippen molar-refractivity contribution >= 4 is 21.6 Å². The van der Waals surface area contributed by atoms with E-state index >= 15 is 0 Å². The van der Waals surface area contributed by atoms with Crippen LogP contribution in [0.4, 0.5) is 0 Å². The van der Waals surface area contributed by atoms with Crippen molar-refractivity contribution in [1.82, 2.24) is 0 Å². The lowest BCUT2D eigenvalue weighted by Crippen LogP contribution is -2.32. The highest BCUT2D eigenvalue weighted by Gasteiger charge is 2.21. The molecule has 12 heavy (non-hydrogen) atoms. The van der Waals surface area contributed by atoms with E-state index in [1.54, 1.807) is 0 Å². The van der Waals surface area contributed by atoms with Gasteiger partial charge in [0.1, 0.15) is 13.5 Å². The van der Waals surface area contributed by atoms with Gasteiger partial charge >= 0.3 is 0 Å². The number of allylic oxidation sites excluding steroid dienone is 1. The standard InChI is InChI=1S/C9H20OSi2/c1-11(2,3)8-7-9(10)12(4,5)6/h7-8H,1-6H3/b8-7+. The van der Waals surface area contributed by atoms with Crippen molar-refractivity contribution in [3.05, 3.63) is 11.8 Å². The SMILES string of the molecule is C[Si](C)(C)/C=C/C(=O)[Si](C)(C)C. The molecule has 0 atom stereocenters. The van der Waals surface area contributed by atoms with E-state index in [0.29, 0.717) is 5.41 Å². The number of hydrogen-bond acceptors (Lipinski definition) is 1. The first-order chi connectivity index (χ1) is 5.13. The molecule has 3 heteroatoms. The predicted molar refractivity (Wildman–Crippen MR) is 60.8 cm³/mol.